The summed E-state index contributed by atoms with van der Waals surface area (Å²) in [5.74, 6) is 0.168. The minimum Gasteiger partial charge on any atom is -0.381 e. The molecular weight excluding hydrogens is 331 g/mol. The molecule has 0 aliphatic carbocycles. The molecule has 1 aromatic rings. The molecule has 0 aromatic heterocycles. The molecule has 5 nitrogen and oxygen atoms in total. The topological polar surface area (TPSA) is 49.9 Å². The lowest BCUT2D eigenvalue weighted by atomic mass is 9.99. The third kappa shape index (κ3) is 3.79. The van der Waals surface area contributed by atoms with Gasteiger partial charge in [-0.3, -0.25) is 0 Å². The smallest absolute Gasteiger partial charge is 0.243 e. The Morgan fingerprint density at radius 3 is 2.50 bits per heavy atom. The van der Waals surface area contributed by atoms with Gasteiger partial charge in [0.25, 0.3) is 0 Å². The fourth-order valence-corrected chi connectivity index (χ4v) is 5.11. The fraction of sp³-hybridized carbons (Fsp3) is 0.647. The summed E-state index contributed by atoms with van der Waals surface area (Å²) in [7, 11) is -3.63. The van der Waals surface area contributed by atoms with Crippen LogP contribution in [0.5, 0.6) is 0 Å². The lowest BCUT2D eigenvalue weighted by molar-refractivity contribution is 0.0477. The van der Waals surface area contributed by atoms with Gasteiger partial charge in [-0.1, -0.05) is 6.07 Å². The van der Waals surface area contributed by atoms with E-state index in [0.717, 1.165) is 45.7 Å². The molecule has 2 aliphatic rings. The molecule has 2 fully saturated rings. The molecular formula is C17H25FN2O3S. The Labute approximate surface area is 143 Å². The van der Waals surface area contributed by atoms with E-state index in [1.165, 1.54) is 29.4 Å². The second-order valence-electron chi connectivity index (χ2n) is 6.62. The van der Waals surface area contributed by atoms with Gasteiger partial charge in [0.2, 0.25) is 10.0 Å². The first kappa shape index (κ1) is 17.8. The number of nitrogens with zero attached hydrogens (tertiary/aromatic N) is 2. The van der Waals surface area contributed by atoms with Crippen molar-refractivity contribution in [2.24, 2.45) is 5.92 Å². The molecule has 0 spiro atoms. The first-order valence-corrected chi connectivity index (χ1v) is 9.98. The van der Waals surface area contributed by atoms with Crippen molar-refractivity contribution >= 4 is 10.0 Å². The van der Waals surface area contributed by atoms with Gasteiger partial charge in [-0.25, -0.2) is 12.8 Å². The van der Waals surface area contributed by atoms with Gasteiger partial charge in [-0.2, -0.15) is 4.31 Å². The highest BCUT2D eigenvalue weighted by atomic mass is 32.2. The monoisotopic (exact) mass is 356 g/mol. The van der Waals surface area contributed by atoms with Gasteiger partial charge >= 0.3 is 0 Å². The maximum absolute atomic E-state index is 13.7. The van der Waals surface area contributed by atoms with Gasteiger partial charge in [0, 0.05) is 51.5 Å². The van der Waals surface area contributed by atoms with Crippen LogP contribution in [-0.4, -0.2) is 63.6 Å². The van der Waals surface area contributed by atoms with Gasteiger partial charge < -0.3 is 9.64 Å². The van der Waals surface area contributed by atoms with E-state index in [-0.39, 0.29) is 10.5 Å². The lowest BCUT2D eigenvalue weighted by Crippen LogP contribution is -2.50. The van der Waals surface area contributed by atoms with Crippen molar-refractivity contribution in [1.82, 2.24) is 9.21 Å². The minimum absolute atomic E-state index is 0.0837. The highest BCUT2D eigenvalue weighted by Crippen LogP contribution is 2.23. The molecule has 2 heterocycles. The minimum atomic E-state index is -3.63. The number of hydrogen-bond acceptors (Lipinski definition) is 4. The number of benzene rings is 1. The maximum Gasteiger partial charge on any atom is 0.243 e. The molecule has 2 saturated heterocycles. The molecule has 0 radical (unpaired) electrons. The summed E-state index contributed by atoms with van der Waals surface area (Å²) in [6.45, 7) is 6.56. The molecule has 2 aliphatic heterocycles. The molecule has 24 heavy (non-hydrogen) atoms. The zero-order chi connectivity index (χ0) is 17.2. The predicted molar refractivity (Wildman–Crippen MR) is 89.9 cm³/mol. The van der Waals surface area contributed by atoms with E-state index < -0.39 is 15.8 Å². The van der Waals surface area contributed by atoms with E-state index >= 15 is 0 Å². The first-order chi connectivity index (χ1) is 11.5. The molecule has 7 heteroatoms. The second kappa shape index (κ2) is 7.47. The van der Waals surface area contributed by atoms with E-state index in [2.05, 4.69) is 4.90 Å². The highest BCUT2D eigenvalue weighted by molar-refractivity contribution is 7.89. The average Bonchev–Trinajstić information content (AvgIpc) is 2.58. The number of rotatable bonds is 4. The molecule has 0 N–H and O–H groups in total. The Bertz CT molecular complexity index is 666. The van der Waals surface area contributed by atoms with Gasteiger partial charge in [-0.05, 0) is 37.8 Å². The van der Waals surface area contributed by atoms with Crippen molar-refractivity contribution in [3.63, 3.8) is 0 Å². The first-order valence-electron chi connectivity index (χ1n) is 8.54. The van der Waals surface area contributed by atoms with Gasteiger partial charge in [-0.15, -0.1) is 0 Å². The standard InChI is InChI=1S/C17H25FN2O3S/c1-14-16(18)3-2-4-17(14)24(21,22)20-9-7-19(8-10-20)13-15-5-11-23-12-6-15/h2-4,15H,5-13H2,1H3. The van der Waals surface area contributed by atoms with Crippen molar-refractivity contribution in [1.29, 1.82) is 0 Å². The molecule has 0 amide bonds. The number of halogens is 1. The molecule has 134 valence electrons. The van der Waals surface area contributed by atoms with Crippen molar-refractivity contribution in [2.45, 2.75) is 24.7 Å². The van der Waals surface area contributed by atoms with E-state index in [9.17, 15) is 12.8 Å². The van der Waals surface area contributed by atoms with Crippen LogP contribution < -0.4 is 0 Å². The highest BCUT2D eigenvalue weighted by Gasteiger charge is 2.31. The van der Waals surface area contributed by atoms with Crippen LogP contribution in [0.2, 0.25) is 0 Å². The summed E-state index contributed by atoms with van der Waals surface area (Å²) < 4.78 is 46.1. The van der Waals surface area contributed by atoms with E-state index in [1.807, 2.05) is 0 Å². The van der Waals surface area contributed by atoms with Crippen LogP contribution in [0.1, 0.15) is 18.4 Å². The lowest BCUT2D eigenvalue weighted by Gasteiger charge is -2.36. The quantitative estimate of drug-likeness (QED) is 0.826. The largest absolute Gasteiger partial charge is 0.381 e. The van der Waals surface area contributed by atoms with Crippen molar-refractivity contribution < 1.29 is 17.5 Å². The Hall–Kier alpha value is -1.02. The van der Waals surface area contributed by atoms with Crippen LogP contribution in [0.15, 0.2) is 23.1 Å². The van der Waals surface area contributed by atoms with E-state index in [1.54, 1.807) is 0 Å². The van der Waals surface area contributed by atoms with Crippen molar-refractivity contribution in [3.05, 3.63) is 29.6 Å². The summed E-state index contributed by atoms with van der Waals surface area (Å²) in [6, 6.07) is 4.24. The summed E-state index contributed by atoms with van der Waals surface area (Å²) in [4.78, 5) is 2.42. The number of piperazine rings is 1. The molecule has 0 saturated carbocycles. The zero-order valence-electron chi connectivity index (χ0n) is 14.1. The maximum atomic E-state index is 13.7. The second-order valence-corrected chi connectivity index (χ2v) is 8.53. The number of hydrogen-bond donors (Lipinski definition) is 0. The van der Waals surface area contributed by atoms with Crippen LogP contribution in [0.25, 0.3) is 0 Å². The van der Waals surface area contributed by atoms with Crippen LogP contribution in [0.4, 0.5) is 4.39 Å². The normalized spacial score (nSPS) is 21.9. The van der Waals surface area contributed by atoms with Gasteiger partial charge in [0.1, 0.15) is 5.82 Å². The Balaban J connectivity index is 1.62. The van der Waals surface area contributed by atoms with Gasteiger partial charge in [0.15, 0.2) is 0 Å². The predicted octanol–water partition coefficient (Wildman–Crippen LogP) is 1.87. The van der Waals surface area contributed by atoms with Crippen LogP contribution >= 0.6 is 0 Å². The van der Waals surface area contributed by atoms with Gasteiger partial charge in [0.05, 0.1) is 4.90 Å². The molecule has 0 bridgehead atoms. The molecule has 0 unspecified atom stereocenters. The van der Waals surface area contributed by atoms with E-state index in [0.29, 0.717) is 19.0 Å². The Morgan fingerprint density at radius 1 is 1.17 bits per heavy atom. The third-order valence-corrected chi connectivity index (χ3v) is 7.07. The van der Waals surface area contributed by atoms with Crippen LogP contribution in [-0.2, 0) is 14.8 Å². The summed E-state index contributed by atoms with van der Waals surface area (Å²) in [5, 5.41) is 0. The Kier molecular flexibility index (Phi) is 5.54. The number of sulfonamides is 1. The van der Waals surface area contributed by atoms with Crippen molar-refractivity contribution in [2.75, 3.05) is 45.9 Å². The van der Waals surface area contributed by atoms with Crippen molar-refractivity contribution in [3.8, 4) is 0 Å². The molecule has 3 rings (SSSR count). The number of ether oxygens (including phenoxy) is 1. The average molecular weight is 356 g/mol. The third-order valence-electron chi connectivity index (χ3n) is 5.02. The fourth-order valence-electron chi connectivity index (χ4n) is 3.45. The van der Waals surface area contributed by atoms with Crippen LogP contribution in [0.3, 0.4) is 0 Å². The van der Waals surface area contributed by atoms with Crippen LogP contribution in [0, 0.1) is 18.7 Å². The summed E-state index contributed by atoms with van der Waals surface area (Å²) in [6.07, 6.45) is 2.17. The summed E-state index contributed by atoms with van der Waals surface area (Å²) >= 11 is 0. The molecule has 0 atom stereocenters. The molecule has 1 aromatic carbocycles. The zero-order valence-corrected chi connectivity index (χ0v) is 14.9. The Morgan fingerprint density at radius 2 is 1.83 bits per heavy atom. The van der Waals surface area contributed by atoms with E-state index in [4.69, 9.17) is 4.74 Å². The SMILES string of the molecule is Cc1c(F)cccc1S(=O)(=O)N1CCN(CC2CCOCC2)CC1. The summed E-state index contributed by atoms with van der Waals surface area (Å²) in [5.41, 5.74) is 0.196.